The van der Waals surface area contributed by atoms with Gasteiger partial charge in [-0.15, -0.1) is 6.58 Å². The summed E-state index contributed by atoms with van der Waals surface area (Å²) >= 11 is 0. The van der Waals surface area contributed by atoms with Crippen molar-refractivity contribution in [2.45, 2.75) is 13.5 Å². The third-order valence-electron chi connectivity index (χ3n) is 4.96. The Bertz CT molecular complexity index is 1220. The molecule has 4 rings (SSSR count). The first-order valence-corrected chi connectivity index (χ1v) is 9.20. The van der Waals surface area contributed by atoms with E-state index in [0.717, 1.165) is 39.5 Å². The fraction of sp³-hybridized carbons (Fsp3) is 0.0833. The van der Waals surface area contributed by atoms with E-state index in [-0.39, 0.29) is 5.91 Å². The summed E-state index contributed by atoms with van der Waals surface area (Å²) in [6, 6.07) is 21.8. The first-order valence-electron chi connectivity index (χ1n) is 9.20. The number of carbonyl (C=O) groups excluding carboxylic acids is 1. The number of hydrazone groups is 1. The molecule has 1 heterocycles. The van der Waals surface area contributed by atoms with Crippen LogP contribution in [0.5, 0.6) is 0 Å². The van der Waals surface area contributed by atoms with Gasteiger partial charge in [-0.3, -0.25) is 4.79 Å². The first-order chi connectivity index (χ1) is 13.7. The number of nitrogens with one attached hydrogen (secondary N) is 1. The molecule has 4 aromatic rings. The molecule has 0 bridgehead atoms. The van der Waals surface area contributed by atoms with Crippen LogP contribution < -0.4 is 5.43 Å². The van der Waals surface area contributed by atoms with E-state index >= 15 is 0 Å². The van der Waals surface area contributed by atoms with E-state index in [4.69, 9.17) is 0 Å². The highest BCUT2D eigenvalue weighted by atomic mass is 16.2. The minimum Gasteiger partial charge on any atom is -0.340 e. The van der Waals surface area contributed by atoms with Gasteiger partial charge in [-0.1, -0.05) is 54.6 Å². The minimum absolute atomic E-state index is 0.227. The molecule has 0 aliphatic heterocycles. The summed E-state index contributed by atoms with van der Waals surface area (Å²) in [5, 5.41) is 7.46. The van der Waals surface area contributed by atoms with Gasteiger partial charge in [-0.05, 0) is 35.9 Å². The maximum atomic E-state index is 12.5. The Morgan fingerprint density at radius 1 is 1.07 bits per heavy atom. The van der Waals surface area contributed by atoms with E-state index in [0.29, 0.717) is 5.56 Å². The van der Waals surface area contributed by atoms with Crippen LogP contribution in [0.15, 0.2) is 84.5 Å². The van der Waals surface area contributed by atoms with Gasteiger partial charge in [0.15, 0.2) is 0 Å². The number of aromatic nitrogens is 1. The number of nitrogens with zero attached hydrogens (tertiary/aromatic N) is 2. The maximum Gasteiger partial charge on any atom is 0.271 e. The Morgan fingerprint density at radius 2 is 1.82 bits per heavy atom. The number of hydrogen-bond donors (Lipinski definition) is 1. The lowest BCUT2D eigenvalue weighted by molar-refractivity contribution is 0.0955. The van der Waals surface area contributed by atoms with Crippen molar-refractivity contribution in [1.29, 1.82) is 0 Å². The highest BCUT2D eigenvalue weighted by Crippen LogP contribution is 2.24. The van der Waals surface area contributed by atoms with Crippen LogP contribution in [0.4, 0.5) is 0 Å². The summed E-state index contributed by atoms with van der Waals surface area (Å²) in [6.07, 6.45) is 3.60. The quantitative estimate of drug-likeness (QED) is 0.299. The second-order valence-corrected chi connectivity index (χ2v) is 6.68. The van der Waals surface area contributed by atoms with Gasteiger partial charge in [0.05, 0.1) is 6.21 Å². The van der Waals surface area contributed by atoms with Crippen LogP contribution in [0.2, 0.25) is 0 Å². The van der Waals surface area contributed by atoms with E-state index in [9.17, 15) is 4.79 Å². The third-order valence-corrected chi connectivity index (χ3v) is 4.96. The van der Waals surface area contributed by atoms with Gasteiger partial charge in [-0.25, -0.2) is 5.43 Å². The predicted molar refractivity (Wildman–Crippen MR) is 116 cm³/mol. The first kappa shape index (κ1) is 17.7. The van der Waals surface area contributed by atoms with Crippen LogP contribution in [0, 0.1) is 6.92 Å². The average Bonchev–Trinajstić information content (AvgIpc) is 2.99. The van der Waals surface area contributed by atoms with Crippen molar-refractivity contribution in [3.63, 3.8) is 0 Å². The summed E-state index contributed by atoms with van der Waals surface area (Å²) in [6.45, 7) is 6.62. The molecule has 1 N–H and O–H groups in total. The molecule has 4 heteroatoms. The number of benzene rings is 3. The predicted octanol–water partition coefficient (Wildman–Crippen LogP) is 5.05. The van der Waals surface area contributed by atoms with Crippen molar-refractivity contribution in [2.24, 2.45) is 5.10 Å². The number of carbonyl (C=O) groups is 1. The molecule has 3 aromatic carbocycles. The number of allylic oxidation sites excluding steroid dienone is 1. The fourth-order valence-corrected chi connectivity index (χ4v) is 3.54. The van der Waals surface area contributed by atoms with Gasteiger partial charge < -0.3 is 4.57 Å². The van der Waals surface area contributed by atoms with Crippen molar-refractivity contribution in [3.8, 4) is 0 Å². The van der Waals surface area contributed by atoms with E-state index in [1.807, 2.05) is 60.7 Å². The van der Waals surface area contributed by atoms with Crippen molar-refractivity contribution in [1.82, 2.24) is 9.99 Å². The molecule has 1 amide bonds. The van der Waals surface area contributed by atoms with Gasteiger partial charge in [-0.2, -0.15) is 5.10 Å². The SMILES string of the molecule is C=CCn1c(C)c(/C=N\NC(=O)c2ccc3ccccc3c2)c2ccccc21. The largest absolute Gasteiger partial charge is 0.340 e. The standard InChI is InChI=1S/C24H21N3O/c1-3-14-27-17(2)22(21-10-6-7-11-23(21)27)16-25-26-24(28)20-13-12-18-8-4-5-9-19(18)15-20/h3-13,15-16H,1,14H2,2H3,(H,26,28)/b25-16-. The molecule has 0 saturated heterocycles. The zero-order valence-corrected chi connectivity index (χ0v) is 15.7. The fourth-order valence-electron chi connectivity index (χ4n) is 3.54. The van der Waals surface area contributed by atoms with E-state index in [1.165, 1.54) is 0 Å². The van der Waals surface area contributed by atoms with Crippen molar-refractivity contribution < 1.29 is 4.79 Å². The molecule has 0 unspecified atom stereocenters. The zero-order chi connectivity index (χ0) is 19.5. The Balaban J connectivity index is 1.60. The average molecular weight is 367 g/mol. The third kappa shape index (κ3) is 3.21. The molecule has 0 aliphatic rings. The van der Waals surface area contributed by atoms with Crippen LogP contribution in [0.3, 0.4) is 0 Å². The lowest BCUT2D eigenvalue weighted by atomic mass is 10.1. The van der Waals surface area contributed by atoms with Crippen LogP contribution >= 0.6 is 0 Å². The monoisotopic (exact) mass is 367 g/mol. The second kappa shape index (κ2) is 7.53. The molecule has 0 saturated carbocycles. The smallest absolute Gasteiger partial charge is 0.271 e. The molecule has 28 heavy (non-hydrogen) atoms. The molecule has 138 valence electrons. The Morgan fingerprint density at radius 3 is 2.64 bits per heavy atom. The van der Waals surface area contributed by atoms with Crippen LogP contribution in [0.25, 0.3) is 21.7 Å². The summed E-state index contributed by atoms with van der Waals surface area (Å²) in [5.74, 6) is -0.227. The molecule has 0 fully saturated rings. The number of para-hydroxylation sites is 1. The van der Waals surface area contributed by atoms with Gasteiger partial charge in [0.25, 0.3) is 5.91 Å². The van der Waals surface area contributed by atoms with E-state index < -0.39 is 0 Å². The summed E-state index contributed by atoms with van der Waals surface area (Å²) in [4.78, 5) is 12.5. The molecular weight excluding hydrogens is 346 g/mol. The Labute approximate surface area is 163 Å². The number of rotatable bonds is 5. The lowest BCUT2D eigenvalue weighted by Gasteiger charge is -2.04. The molecule has 0 radical (unpaired) electrons. The minimum atomic E-state index is -0.227. The van der Waals surface area contributed by atoms with Crippen molar-refractivity contribution >= 4 is 33.8 Å². The van der Waals surface area contributed by atoms with Gasteiger partial charge in [0.2, 0.25) is 0 Å². The summed E-state index contributed by atoms with van der Waals surface area (Å²) in [5.41, 5.74) is 6.44. The normalized spacial score (nSPS) is 11.3. The highest BCUT2D eigenvalue weighted by molar-refractivity contribution is 6.02. The molecule has 0 atom stereocenters. The topological polar surface area (TPSA) is 46.4 Å². The van der Waals surface area contributed by atoms with Gasteiger partial charge in [0, 0.05) is 34.3 Å². The zero-order valence-electron chi connectivity index (χ0n) is 15.7. The van der Waals surface area contributed by atoms with Gasteiger partial charge >= 0.3 is 0 Å². The van der Waals surface area contributed by atoms with Crippen molar-refractivity contribution in [2.75, 3.05) is 0 Å². The second-order valence-electron chi connectivity index (χ2n) is 6.68. The van der Waals surface area contributed by atoms with E-state index in [1.54, 1.807) is 6.21 Å². The number of hydrogen-bond acceptors (Lipinski definition) is 2. The molecule has 4 nitrogen and oxygen atoms in total. The molecule has 0 spiro atoms. The van der Waals surface area contributed by atoms with Crippen LogP contribution in [0.1, 0.15) is 21.6 Å². The van der Waals surface area contributed by atoms with Crippen LogP contribution in [-0.4, -0.2) is 16.7 Å². The lowest BCUT2D eigenvalue weighted by Crippen LogP contribution is -2.17. The summed E-state index contributed by atoms with van der Waals surface area (Å²) in [7, 11) is 0. The van der Waals surface area contributed by atoms with Crippen LogP contribution in [-0.2, 0) is 6.54 Å². The van der Waals surface area contributed by atoms with E-state index in [2.05, 4.69) is 40.7 Å². The Hall–Kier alpha value is -3.66. The maximum absolute atomic E-state index is 12.5. The van der Waals surface area contributed by atoms with Gasteiger partial charge in [0.1, 0.15) is 0 Å². The molecule has 1 aromatic heterocycles. The molecule has 0 aliphatic carbocycles. The Kier molecular flexibility index (Phi) is 4.77. The number of amides is 1. The molecular formula is C24H21N3O. The van der Waals surface area contributed by atoms with Crippen molar-refractivity contribution in [3.05, 3.63) is 96.2 Å². The highest BCUT2D eigenvalue weighted by Gasteiger charge is 2.11. The number of fused-ring (bicyclic) bond motifs is 2. The summed E-state index contributed by atoms with van der Waals surface area (Å²) < 4.78 is 2.19.